The van der Waals surface area contributed by atoms with Gasteiger partial charge in [-0.15, -0.1) is 0 Å². The van der Waals surface area contributed by atoms with Gasteiger partial charge in [0, 0.05) is 25.8 Å². The van der Waals surface area contributed by atoms with Crippen LogP contribution in [0.4, 0.5) is 0 Å². The van der Waals surface area contributed by atoms with Crippen LogP contribution in [0.3, 0.4) is 0 Å². The van der Waals surface area contributed by atoms with Crippen LogP contribution in [0, 0.1) is 6.92 Å². The van der Waals surface area contributed by atoms with Crippen molar-refractivity contribution >= 4 is 17.4 Å². The molecule has 1 aliphatic heterocycles. The Morgan fingerprint density at radius 3 is 2.19 bits per heavy atom. The van der Waals surface area contributed by atoms with Crippen molar-refractivity contribution in [1.29, 1.82) is 0 Å². The van der Waals surface area contributed by atoms with Gasteiger partial charge < -0.3 is 14.7 Å². The number of hydrogen-bond donors (Lipinski definition) is 1. The number of methoxy groups -OCH3 is 1. The summed E-state index contributed by atoms with van der Waals surface area (Å²) in [6, 6.07) is 14.6. The Kier molecular flexibility index (Phi) is 6.65. The molecule has 0 bridgehead atoms. The number of Topliss-reactive ketones (excluding diaryl/α,β-unsaturated/α-hetero) is 1. The lowest BCUT2D eigenvalue weighted by Gasteiger charge is -2.26. The second-order valence-electron chi connectivity index (χ2n) is 9.08. The van der Waals surface area contributed by atoms with Gasteiger partial charge in [0.25, 0.3) is 11.7 Å². The highest BCUT2D eigenvalue weighted by Gasteiger charge is 2.45. The Bertz CT molecular complexity index is 982. The van der Waals surface area contributed by atoms with Crippen LogP contribution in [0.1, 0.15) is 55.5 Å². The number of rotatable bonds is 6. The van der Waals surface area contributed by atoms with Gasteiger partial charge in [-0.25, -0.2) is 0 Å². The molecule has 0 spiro atoms. The van der Waals surface area contributed by atoms with E-state index in [2.05, 4.69) is 20.8 Å². The smallest absolute Gasteiger partial charge is 0.295 e. The number of nitrogens with zero attached hydrogens (tertiary/aromatic N) is 1. The van der Waals surface area contributed by atoms with Crippen LogP contribution in [0.25, 0.3) is 5.76 Å². The van der Waals surface area contributed by atoms with E-state index in [1.54, 1.807) is 24.1 Å². The Labute approximate surface area is 184 Å². The number of benzene rings is 2. The van der Waals surface area contributed by atoms with Crippen LogP contribution < -0.4 is 0 Å². The molecule has 164 valence electrons. The van der Waals surface area contributed by atoms with E-state index < -0.39 is 17.7 Å². The third-order valence-corrected chi connectivity index (χ3v) is 5.70. The van der Waals surface area contributed by atoms with Crippen molar-refractivity contribution in [2.24, 2.45) is 0 Å². The predicted molar refractivity (Wildman–Crippen MR) is 122 cm³/mol. The van der Waals surface area contributed by atoms with Crippen LogP contribution in [0.5, 0.6) is 0 Å². The molecule has 3 rings (SSSR count). The summed E-state index contributed by atoms with van der Waals surface area (Å²) in [5, 5.41) is 11.1. The predicted octanol–water partition coefficient (Wildman–Crippen LogP) is 4.75. The Morgan fingerprint density at radius 1 is 1.03 bits per heavy atom. The van der Waals surface area contributed by atoms with Gasteiger partial charge in [0.15, 0.2) is 0 Å². The van der Waals surface area contributed by atoms with Gasteiger partial charge in [-0.3, -0.25) is 9.59 Å². The minimum atomic E-state index is -0.652. The summed E-state index contributed by atoms with van der Waals surface area (Å²) < 4.78 is 5.13. The van der Waals surface area contributed by atoms with Crippen molar-refractivity contribution in [3.8, 4) is 0 Å². The molecule has 1 atom stereocenters. The van der Waals surface area contributed by atoms with Gasteiger partial charge in [-0.05, 0) is 29.9 Å². The molecule has 0 saturated carbocycles. The minimum absolute atomic E-state index is 0.0132. The maximum absolute atomic E-state index is 13.0. The zero-order chi connectivity index (χ0) is 22.8. The van der Waals surface area contributed by atoms with Gasteiger partial charge in [0.05, 0.1) is 11.6 Å². The maximum Gasteiger partial charge on any atom is 0.295 e. The molecule has 1 heterocycles. The fourth-order valence-corrected chi connectivity index (χ4v) is 3.87. The molecule has 5 nitrogen and oxygen atoms in total. The van der Waals surface area contributed by atoms with E-state index >= 15 is 0 Å². The summed E-state index contributed by atoms with van der Waals surface area (Å²) in [6.07, 6.45) is 0.602. The number of aryl methyl sites for hydroxylation is 1. The van der Waals surface area contributed by atoms with Crippen LogP contribution in [0.2, 0.25) is 0 Å². The lowest BCUT2D eigenvalue weighted by molar-refractivity contribution is -0.140. The SMILES string of the molecule is COCCCN1C(=O)C(=O)C(=C(O)c2ccc(C)cc2)C1c1ccc(C(C)(C)C)cc1. The topological polar surface area (TPSA) is 66.8 Å². The van der Waals surface area contributed by atoms with Gasteiger partial charge in [-0.2, -0.15) is 0 Å². The molecule has 2 aromatic rings. The molecule has 1 aliphatic rings. The fraction of sp³-hybridized carbons (Fsp3) is 0.385. The lowest BCUT2D eigenvalue weighted by atomic mass is 9.85. The first-order chi connectivity index (χ1) is 14.6. The molecule has 5 heteroatoms. The summed E-state index contributed by atoms with van der Waals surface area (Å²) in [7, 11) is 1.61. The molecule has 0 radical (unpaired) electrons. The van der Waals surface area contributed by atoms with Crippen molar-refractivity contribution in [3.63, 3.8) is 0 Å². The van der Waals surface area contributed by atoms with Crippen molar-refractivity contribution in [1.82, 2.24) is 4.90 Å². The fourth-order valence-electron chi connectivity index (χ4n) is 3.87. The Balaban J connectivity index is 2.11. The highest BCUT2D eigenvalue weighted by atomic mass is 16.5. The number of aliphatic hydroxyl groups is 1. The third-order valence-electron chi connectivity index (χ3n) is 5.70. The van der Waals surface area contributed by atoms with E-state index in [4.69, 9.17) is 4.74 Å². The summed E-state index contributed by atoms with van der Waals surface area (Å²) in [5.41, 5.74) is 3.66. The second-order valence-corrected chi connectivity index (χ2v) is 9.08. The molecule has 2 aromatic carbocycles. The number of hydrogen-bond acceptors (Lipinski definition) is 4. The Morgan fingerprint density at radius 2 is 1.65 bits per heavy atom. The maximum atomic E-state index is 13.0. The number of amides is 1. The molecular weight excluding hydrogens is 390 g/mol. The van der Waals surface area contributed by atoms with Crippen LogP contribution in [0.15, 0.2) is 54.1 Å². The molecule has 31 heavy (non-hydrogen) atoms. The quantitative estimate of drug-likeness (QED) is 0.316. The highest BCUT2D eigenvalue weighted by molar-refractivity contribution is 6.46. The van der Waals surface area contributed by atoms with E-state index in [1.807, 2.05) is 43.3 Å². The summed E-state index contributed by atoms with van der Waals surface area (Å²) in [4.78, 5) is 27.4. The van der Waals surface area contributed by atoms with E-state index in [0.29, 0.717) is 25.1 Å². The number of likely N-dealkylation sites (tertiary alicyclic amines) is 1. The Hall–Kier alpha value is -2.92. The molecule has 0 aliphatic carbocycles. The number of carbonyl (C=O) groups is 2. The summed E-state index contributed by atoms with van der Waals surface area (Å²) in [6.45, 7) is 9.21. The van der Waals surface area contributed by atoms with Crippen LogP contribution >= 0.6 is 0 Å². The first-order valence-electron chi connectivity index (χ1n) is 10.6. The van der Waals surface area contributed by atoms with E-state index in [1.165, 1.54) is 0 Å². The average molecular weight is 422 g/mol. The average Bonchev–Trinajstić information content (AvgIpc) is 2.98. The van der Waals surface area contributed by atoms with Crippen LogP contribution in [-0.4, -0.2) is 42.0 Å². The summed E-state index contributed by atoms with van der Waals surface area (Å²) >= 11 is 0. The largest absolute Gasteiger partial charge is 0.507 e. The number of carbonyl (C=O) groups excluding carboxylic acids is 2. The summed E-state index contributed by atoms with van der Waals surface area (Å²) in [5.74, 6) is -1.38. The molecule has 1 fully saturated rings. The first kappa shape index (κ1) is 22.8. The van der Waals surface area contributed by atoms with E-state index in [9.17, 15) is 14.7 Å². The second kappa shape index (κ2) is 9.06. The first-order valence-corrected chi connectivity index (χ1v) is 10.6. The van der Waals surface area contributed by atoms with E-state index in [-0.39, 0.29) is 16.7 Å². The van der Waals surface area contributed by atoms with Crippen molar-refractivity contribution in [2.75, 3.05) is 20.3 Å². The third kappa shape index (κ3) is 4.72. The molecule has 1 unspecified atom stereocenters. The number of ether oxygens (including phenoxy) is 1. The molecule has 1 amide bonds. The van der Waals surface area contributed by atoms with Crippen molar-refractivity contribution in [3.05, 3.63) is 76.4 Å². The standard InChI is InChI=1S/C26H31NO4/c1-17-7-9-19(10-8-17)23(28)21-22(18-11-13-20(14-12-18)26(2,3)4)27(15-6-16-31-5)25(30)24(21)29/h7-14,22,28H,6,15-16H2,1-5H3. The normalized spacial score (nSPS) is 18.6. The van der Waals surface area contributed by atoms with Crippen molar-refractivity contribution < 1.29 is 19.4 Å². The molecule has 1 saturated heterocycles. The monoisotopic (exact) mass is 421 g/mol. The van der Waals surface area contributed by atoms with Crippen LogP contribution in [-0.2, 0) is 19.7 Å². The minimum Gasteiger partial charge on any atom is -0.507 e. The van der Waals surface area contributed by atoms with Gasteiger partial charge in [0.2, 0.25) is 0 Å². The van der Waals surface area contributed by atoms with Gasteiger partial charge in [0.1, 0.15) is 5.76 Å². The molecule has 1 N–H and O–H groups in total. The van der Waals surface area contributed by atoms with Gasteiger partial charge >= 0.3 is 0 Å². The molecular formula is C26H31NO4. The molecule has 0 aromatic heterocycles. The van der Waals surface area contributed by atoms with Gasteiger partial charge in [-0.1, -0.05) is 74.9 Å². The number of ketones is 1. The highest BCUT2D eigenvalue weighted by Crippen LogP contribution is 2.40. The number of aliphatic hydroxyl groups excluding tert-OH is 1. The zero-order valence-corrected chi connectivity index (χ0v) is 18.9. The van der Waals surface area contributed by atoms with Crippen molar-refractivity contribution in [2.45, 2.75) is 45.6 Å². The van der Waals surface area contributed by atoms with E-state index in [0.717, 1.165) is 16.7 Å². The zero-order valence-electron chi connectivity index (χ0n) is 18.9. The lowest BCUT2D eigenvalue weighted by Crippen LogP contribution is -2.31.